The Bertz CT molecular complexity index is 1300. The summed E-state index contributed by atoms with van der Waals surface area (Å²) in [6, 6.07) is 7.62. The number of aryl methyl sites for hydroxylation is 1. The number of amides is 1. The number of nitrogens with zero attached hydrogens (tertiary/aromatic N) is 2. The van der Waals surface area contributed by atoms with Crippen LogP contribution in [0.4, 0.5) is 18.0 Å². The summed E-state index contributed by atoms with van der Waals surface area (Å²) in [5, 5.41) is 9.02. The molecule has 4 rings (SSSR count). The highest BCUT2D eigenvalue weighted by atomic mass is 19.2. The van der Waals surface area contributed by atoms with E-state index >= 15 is 0 Å². The van der Waals surface area contributed by atoms with Crippen molar-refractivity contribution < 1.29 is 32.6 Å². The fourth-order valence-corrected chi connectivity index (χ4v) is 4.77. The third-order valence-corrected chi connectivity index (χ3v) is 7.06. The van der Waals surface area contributed by atoms with Crippen LogP contribution in [0.15, 0.2) is 53.8 Å². The summed E-state index contributed by atoms with van der Waals surface area (Å²) in [7, 11) is 0. The lowest BCUT2D eigenvalue weighted by molar-refractivity contribution is -0.132. The molecule has 0 bridgehead atoms. The lowest BCUT2D eigenvalue weighted by Gasteiger charge is -2.37. The molecule has 2 heterocycles. The smallest absolute Gasteiger partial charge is 0.414 e. The first-order valence-electron chi connectivity index (χ1n) is 12.0. The molecule has 1 spiro atoms. The lowest BCUT2D eigenvalue weighted by Crippen LogP contribution is -2.46. The summed E-state index contributed by atoms with van der Waals surface area (Å²) in [5.41, 5.74) is 2.39. The molecule has 0 unspecified atom stereocenters. The molecule has 1 N–H and O–H groups in total. The second-order valence-electron chi connectivity index (χ2n) is 9.76. The number of carbonyl (C=O) groups excluding carboxylic acids is 1. The summed E-state index contributed by atoms with van der Waals surface area (Å²) in [5.74, 6) is -4.96. The van der Waals surface area contributed by atoms with Crippen LogP contribution in [-0.2, 0) is 16.1 Å². The third-order valence-electron chi connectivity index (χ3n) is 7.06. The maximum Gasteiger partial charge on any atom is 0.414 e. The van der Waals surface area contributed by atoms with Crippen molar-refractivity contribution in [2.75, 3.05) is 19.6 Å². The van der Waals surface area contributed by atoms with E-state index in [4.69, 9.17) is 9.84 Å². The van der Waals surface area contributed by atoms with E-state index in [0.717, 1.165) is 17.2 Å². The number of piperidine rings is 1. The van der Waals surface area contributed by atoms with Gasteiger partial charge < -0.3 is 9.84 Å². The number of carboxylic acids is 1. The van der Waals surface area contributed by atoms with Crippen LogP contribution < -0.4 is 0 Å². The maximum atomic E-state index is 14.6. The number of aliphatic carboxylic acids is 1. The Labute approximate surface area is 213 Å². The molecular formula is C28H29F3N2O4. The Morgan fingerprint density at radius 3 is 2.41 bits per heavy atom. The minimum atomic E-state index is -1.49. The number of rotatable bonds is 6. The van der Waals surface area contributed by atoms with Gasteiger partial charge in [0.15, 0.2) is 17.5 Å². The van der Waals surface area contributed by atoms with Crippen molar-refractivity contribution in [3.05, 3.63) is 82.3 Å². The van der Waals surface area contributed by atoms with E-state index in [-0.39, 0.29) is 11.1 Å². The van der Waals surface area contributed by atoms with E-state index in [0.29, 0.717) is 50.3 Å². The predicted molar refractivity (Wildman–Crippen MR) is 132 cm³/mol. The van der Waals surface area contributed by atoms with Gasteiger partial charge in [-0.05, 0) is 50.1 Å². The molecule has 2 fully saturated rings. The van der Waals surface area contributed by atoms with Crippen molar-refractivity contribution in [3.8, 4) is 11.1 Å². The van der Waals surface area contributed by atoms with Gasteiger partial charge in [-0.2, -0.15) is 0 Å². The Hall–Kier alpha value is -3.59. The largest absolute Gasteiger partial charge is 0.478 e. The van der Waals surface area contributed by atoms with Crippen LogP contribution in [0.2, 0.25) is 0 Å². The zero-order chi connectivity index (χ0) is 26.9. The molecule has 0 atom stereocenters. The van der Waals surface area contributed by atoms with Crippen LogP contribution in [0.1, 0.15) is 37.8 Å². The van der Waals surface area contributed by atoms with E-state index in [1.54, 1.807) is 25.1 Å². The molecule has 2 aliphatic heterocycles. The number of benzene rings is 2. The minimum Gasteiger partial charge on any atom is -0.478 e. The minimum absolute atomic E-state index is 0.0113. The van der Waals surface area contributed by atoms with Gasteiger partial charge in [-0.15, -0.1) is 0 Å². The van der Waals surface area contributed by atoms with Gasteiger partial charge in [0.1, 0.15) is 5.60 Å². The van der Waals surface area contributed by atoms with Crippen molar-refractivity contribution in [2.24, 2.45) is 0 Å². The number of halogens is 3. The van der Waals surface area contributed by atoms with Gasteiger partial charge in [0.2, 0.25) is 0 Å². The molecule has 196 valence electrons. The topological polar surface area (TPSA) is 70.1 Å². The number of allylic oxidation sites excluding steroid dienone is 3. The Morgan fingerprint density at radius 1 is 1.05 bits per heavy atom. The van der Waals surface area contributed by atoms with E-state index in [1.807, 2.05) is 13.0 Å². The number of hydrogen-bond acceptors (Lipinski definition) is 4. The molecule has 2 aromatic carbocycles. The van der Waals surface area contributed by atoms with Crippen LogP contribution in [-0.4, -0.2) is 52.2 Å². The Balaban J connectivity index is 1.47. The zero-order valence-electron chi connectivity index (χ0n) is 21.0. The van der Waals surface area contributed by atoms with Crippen molar-refractivity contribution in [3.63, 3.8) is 0 Å². The lowest BCUT2D eigenvalue weighted by atomic mass is 9.90. The molecule has 0 aromatic heterocycles. The van der Waals surface area contributed by atoms with Crippen molar-refractivity contribution in [2.45, 2.75) is 45.8 Å². The summed E-state index contributed by atoms with van der Waals surface area (Å²) in [4.78, 5) is 27.3. The number of ether oxygens (including phenoxy) is 1. The molecule has 1 amide bonds. The van der Waals surface area contributed by atoms with E-state index in [1.165, 1.54) is 24.0 Å². The van der Waals surface area contributed by atoms with Crippen molar-refractivity contribution in [1.82, 2.24) is 9.80 Å². The van der Waals surface area contributed by atoms with Crippen LogP contribution in [0.25, 0.3) is 11.1 Å². The van der Waals surface area contributed by atoms with Gasteiger partial charge >= 0.3 is 12.1 Å². The normalized spacial score (nSPS) is 18.4. The average molecular weight is 515 g/mol. The van der Waals surface area contributed by atoms with Gasteiger partial charge in [-0.3, -0.25) is 9.80 Å². The van der Waals surface area contributed by atoms with Crippen LogP contribution in [0, 0.1) is 24.4 Å². The Morgan fingerprint density at radius 2 is 1.73 bits per heavy atom. The van der Waals surface area contributed by atoms with Gasteiger partial charge in [-0.1, -0.05) is 29.8 Å². The monoisotopic (exact) mass is 514 g/mol. The first-order chi connectivity index (χ1) is 17.5. The van der Waals surface area contributed by atoms with E-state index in [2.05, 4.69) is 4.90 Å². The number of hydrogen-bond donors (Lipinski definition) is 1. The first kappa shape index (κ1) is 26.5. The highest BCUT2D eigenvalue weighted by molar-refractivity contribution is 5.86. The molecule has 6 nitrogen and oxygen atoms in total. The molecule has 0 saturated carbocycles. The molecular weight excluding hydrogens is 485 g/mol. The molecule has 0 radical (unpaired) electrons. The SMILES string of the molecule is CC(=CC=C(C)N1CC2(CCN(Cc3cc(C)ccc3-c3ccc(F)c(F)c3F)CC2)OC1=O)C(=O)O. The predicted octanol–water partition coefficient (Wildman–Crippen LogP) is 5.80. The standard InChI is InChI=1S/C28H29F3N2O4/c1-17-4-7-21(22-8-9-23(29)25(31)24(22)30)20(14-17)15-32-12-10-28(11-13-32)16-33(27(36)37-28)19(3)6-5-18(2)26(34)35/h4-9,14H,10-13,15-16H2,1-3H3,(H,34,35). The first-order valence-corrected chi connectivity index (χ1v) is 12.0. The third kappa shape index (κ3) is 5.56. The zero-order valence-corrected chi connectivity index (χ0v) is 21.0. The van der Waals surface area contributed by atoms with Crippen LogP contribution in [0.5, 0.6) is 0 Å². The maximum absolute atomic E-state index is 14.6. The number of likely N-dealkylation sites (tertiary alicyclic amines) is 1. The highest BCUT2D eigenvalue weighted by Crippen LogP contribution is 2.36. The fourth-order valence-electron chi connectivity index (χ4n) is 4.77. The average Bonchev–Trinajstić information content (AvgIpc) is 3.18. The van der Waals surface area contributed by atoms with E-state index in [9.17, 15) is 22.8 Å². The molecule has 0 aliphatic carbocycles. The number of carbonyl (C=O) groups is 2. The van der Waals surface area contributed by atoms with Gasteiger partial charge in [0, 0.05) is 49.3 Å². The van der Waals surface area contributed by atoms with Gasteiger partial charge in [-0.25, -0.2) is 22.8 Å². The summed E-state index contributed by atoms with van der Waals surface area (Å²) in [6.07, 6.45) is 3.77. The summed E-state index contributed by atoms with van der Waals surface area (Å²) >= 11 is 0. The number of carboxylic acid groups (broad SMARTS) is 1. The fraction of sp³-hybridized carbons (Fsp3) is 0.357. The molecule has 2 aliphatic rings. The van der Waals surface area contributed by atoms with Gasteiger partial charge in [0.25, 0.3) is 0 Å². The second kappa shape index (κ2) is 10.4. The second-order valence-corrected chi connectivity index (χ2v) is 9.76. The van der Waals surface area contributed by atoms with E-state index < -0.39 is 35.1 Å². The van der Waals surface area contributed by atoms with Crippen molar-refractivity contribution >= 4 is 12.1 Å². The van der Waals surface area contributed by atoms with Crippen LogP contribution >= 0.6 is 0 Å². The van der Waals surface area contributed by atoms with Crippen molar-refractivity contribution in [1.29, 1.82) is 0 Å². The van der Waals surface area contributed by atoms with Gasteiger partial charge in [0.05, 0.1) is 6.54 Å². The summed E-state index contributed by atoms with van der Waals surface area (Å²) in [6.45, 7) is 7.21. The molecule has 37 heavy (non-hydrogen) atoms. The Kier molecular flexibility index (Phi) is 7.45. The molecule has 2 aromatic rings. The molecule has 9 heteroatoms. The van der Waals surface area contributed by atoms with Crippen LogP contribution in [0.3, 0.4) is 0 Å². The molecule has 2 saturated heterocycles. The summed E-state index contributed by atoms with van der Waals surface area (Å²) < 4.78 is 47.8. The quantitative estimate of drug-likeness (QED) is 0.300. The highest BCUT2D eigenvalue weighted by Gasteiger charge is 2.47.